The molecule has 102 valence electrons. The van der Waals surface area contributed by atoms with Gasteiger partial charge in [0.1, 0.15) is 0 Å². The first-order valence-corrected chi connectivity index (χ1v) is 6.91. The van der Waals surface area contributed by atoms with Crippen molar-refractivity contribution in [2.45, 2.75) is 13.3 Å². The number of benzene rings is 2. The van der Waals surface area contributed by atoms with Crippen LogP contribution in [0.25, 0.3) is 0 Å². The first-order chi connectivity index (χ1) is 9.58. The van der Waals surface area contributed by atoms with Gasteiger partial charge in [-0.15, -0.1) is 0 Å². The molecular weight excluding hydrogens is 272 g/mol. The van der Waals surface area contributed by atoms with Gasteiger partial charge in [0, 0.05) is 17.9 Å². The number of halogens is 1. The van der Waals surface area contributed by atoms with E-state index in [1.807, 2.05) is 37.3 Å². The van der Waals surface area contributed by atoms with Crippen molar-refractivity contribution in [2.75, 3.05) is 17.2 Å². The number of hydrogen-bond acceptors (Lipinski definition) is 2. The SMILES string of the molecule is Cc1cccc(C(=O)N2CCc3cc(N)ccc32)c1Cl. The predicted octanol–water partition coefficient (Wildman–Crippen LogP) is 3.43. The molecule has 0 radical (unpaired) electrons. The maximum Gasteiger partial charge on any atom is 0.259 e. The second-order valence-electron chi connectivity index (χ2n) is 5.03. The fourth-order valence-electron chi connectivity index (χ4n) is 2.59. The second-order valence-corrected chi connectivity index (χ2v) is 5.41. The highest BCUT2D eigenvalue weighted by molar-refractivity contribution is 6.35. The number of nitrogens with zero attached hydrogens (tertiary/aromatic N) is 1. The lowest BCUT2D eigenvalue weighted by atomic mass is 10.1. The Morgan fingerprint density at radius 3 is 2.90 bits per heavy atom. The lowest BCUT2D eigenvalue weighted by Crippen LogP contribution is -2.29. The van der Waals surface area contributed by atoms with E-state index in [2.05, 4.69) is 0 Å². The molecule has 1 aliphatic rings. The van der Waals surface area contributed by atoms with Gasteiger partial charge >= 0.3 is 0 Å². The summed E-state index contributed by atoms with van der Waals surface area (Å²) >= 11 is 6.25. The Hall–Kier alpha value is -2.00. The Morgan fingerprint density at radius 1 is 1.30 bits per heavy atom. The Bertz CT molecular complexity index is 697. The van der Waals surface area contributed by atoms with Gasteiger partial charge in [0.25, 0.3) is 5.91 Å². The van der Waals surface area contributed by atoms with E-state index < -0.39 is 0 Å². The topological polar surface area (TPSA) is 46.3 Å². The normalized spacial score (nSPS) is 13.4. The van der Waals surface area contributed by atoms with Crippen LogP contribution in [0.5, 0.6) is 0 Å². The highest BCUT2D eigenvalue weighted by atomic mass is 35.5. The van der Waals surface area contributed by atoms with Crippen molar-refractivity contribution >= 4 is 28.9 Å². The standard InChI is InChI=1S/C16H15ClN2O/c1-10-3-2-4-13(15(10)17)16(20)19-8-7-11-9-12(18)5-6-14(11)19/h2-6,9H,7-8,18H2,1H3. The van der Waals surface area contributed by atoms with E-state index in [1.165, 1.54) is 0 Å². The molecule has 0 spiro atoms. The van der Waals surface area contributed by atoms with Gasteiger partial charge in [0.05, 0.1) is 10.6 Å². The highest BCUT2D eigenvalue weighted by Gasteiger charge is 2.27. The molecule has 2 N–H and O–H groups in total. The van der Waals surface area contributed by atoms with Gasteiger partial charge in [-0.1, -0.05) is 23.7 Å². The van der Waals surface area contributed by atoms with Crippen LogP contribution in [-0.2, 0) is 6.42 Å². The predicted molar refractivity (Wildman–Crippen MR) is 82.4 cm³/mol. The molecule has 1 heterocycles. The third-order valence-electron chi connectivity index (χ3n) is 3.67. The van der Waals surface area contributed by atoms with E-state index in [9.17, 15) is 4.79 Å². The molecule has 0 atom stereocenters. The fraction of sp³-hybridized carbons (Fsp3) is 0.188. The van der Waals surface area contributed by atoms with Crippen molar-refractivity contribution in [3.63, 3.8) is 0 Å². The van der Waals surface area contributed by atoms with Crippen molar-refractivity contribution in [2.24, 2.45) is 0 Å². The minimum Gasteiger partial charge on any atom is -0.399 e. The van der Waals surface area contributed by atoms with Crippen LogP contribution in [0, 0.1) is 6.92 Å². The summed E-state index contributed by atoms with van der Waals surface area (Å²) in [6, 6.07) is 11.2. The minimum atomic E-state index is -0.0535. The summed E-state index contributed by atoms with van der Waals surface area (Å²) in [6.45, 7) is 2.57. The molecule has 0 aliphatic carbocycles. The van der Waals surface area contributed by atoms with Crippen LogP contribution in [0.1, 0.15) is 21.5 Å². The number of amides is 1. The first-order valence-electron chi connectivity index (χ1n) is 6.53. The summed E-state index contributed by atoms with van der Waals surface area (Å²) in [5.41, 5.74) is 10.0. The van der Waals surface area contributed by atoms with Gasteiger partial charge < -0.3 is 10.6 Å². The average Bonchev–Trinajstić information content (AvgIpc) is 2.84. The Labute approximate surface area is 123 Å². The average molecular weight is 287 g/mol. The quantitative estimate of drug-likeness (QED) is 0.816. The Balaban J connectivity index is 2.00. The lowest BCUT2D eigenvalue weighted by Gasteiger charge is -2.18. The smallest absolute Gasteiger partial charge is 0.259 e. The van der Waals surface area contributed by atoms with E-state index >= 15 is 0 Å². The van der Waals surface area contributed by atoms with E-state index in [0.29, 0.717) is 17.1 Å². The molecule has 4 heteroatoms. The number of rotatable bonds is 1. The van der Waals surface area contributed by atoms with Gasteiger partial charge in [-0.25, -0.2) is 0 Å². The zero-order chi connectivity index (χ0) is 14.3. The second kappa shape index (κ2) is 4.84. The van der Waals surface area contributed by atoms with Crippen LogP contribution in [0.2, 0.25) is 5.02 Å². The monoisotopic (exact) mass is 286 g/mol. The zero-order valence-electron chi connectivity index (χ0n) is 11.2. The molecule has 3 rings (SSSR count). The third kappa shape index (κ3) is 2.04. The molecule has 1 aliphatic heterocycles. The van der Waals surface area contributed by atoms with Crippen molar-refractivity contribution in [3.05, 3.63) is 58.1 Å². The van der Waals surface area contributed by atoms with Crippen LogP contribution >= 0.6 is 11.6 Å². The largest absolute Gasteiger partial charge is 0.399 e. The van der Waals surface area contributed by atoms with E-state index in [-0.39, 0.29) is 5.91 Å². The minimum absolute atomic E-state index is 0.0535. The summed E-state index contributed by atoms with van der Waals surface area (Å²) in [5, 5.41) is 0.529. The van der Waals surface area contributed by atoms with E-state index in [4.69, 9.17) is 17.3 Å². The molecule has 0 aromatic heterocycles. The highest BCUT2D eigenvalue weighted by Crippen LogP contribution is 2.32. The summed E-state index contributed by atoms with van der Waals surface area (Å²) in [4.78, 5) is 14.5. The number of hydrogen-bond donors (Lipinski definition) is 1. The molecule has 0 bridgehead atoms. The number of nitrogens with two attached hydrogens (primary N) is 1. The summed E-state index contributed by atoms with van der Waals surface area (Å²) in [7, 11) is 0. The number of carbonyl (C=O) groups excluding carboxylic acids is 1. The molecule has 2 aromatic rings. The van der Waals surface area contributed by atoms with Crippen molar-refractivity contribution in [3.8, 4) is 0 Å². The molecule has 0 saturated carbocycles. The molecule has 0 unspecified atom stereocenters. The zero-order valence-corrected chi connectivity index (χ0v) is 11.9. The summed E-state index contributed by atoms with van der Waals surface area (Å²) in [6.07, 6.45) is 0.829. The van der Waals surface area contributed by atoms with E-state index in [1.54, 1.807) is 11.0 Å². The van der Waals surface area contributed by atoms with Gasteiger partial charge in [-0.05, 0) is 48.7 Å². The number of nitrogen functional groups attached to an aromatic ring is 1. The molecule has 1 amide bonds. The summed E-state index contributed by atoms with van der Waals surface area (Å²) in [5.74, 6) is -0.0535. The van der Waals surface area contributed by atoms with Crippen molar-refractivity contribution in [1.29, 1.82) is 0 Å². The number of anilines is 2. The van der Waals surface area contributed by atoms with Gasteiger partial charge in [0.2, 0.25) is 0 Å². The molecule has 2 aromatic carbocycles. The maximum atomic E-state index is 12.7. The van der Waals surface area contributed by atoms with Crippen LogP contribution in [-0.4, -0.2) is 12.5 Å². The summed E-state index contributed by atoms with van der Waals surface area (Å²) < 4.78 is 0. The number of fused-ring (bicyclic) bond motifs is 1. The van der Waals surface area contributed by atoms with Crippen LogP contribution in [0.15, 0.2) is 36.4 Å². The van der Waals surface area contributed by atoms with Gasteiger partial charge in [-0.2, -0.15) is 0 Å². The fourth-order valence-corrected chi connectivity index (χ4v) is 2.80. The van der Waals surface area contributed by atoms with Crippen LogP contribution in [0.4, 0.5) is 11.4 Å². The lowest BCUT2D eigenvalue weighted by molar-refractivity contribution is 0.0989. The van der Waals surface area contributed by atoms with Crippen LogP contribution < -0.4 is 10.6 Å². The van der Waals surface area contributed by atoms with E-state index in [0.717, 1.165) is 28.9 Å². The Morgan fingerprint density at radius 2 is 2.10 bits per heavy atom. The Kier molecular flexibility index (Phi) is 3.14. The van der Waals surface area contributed by atoms with Crippen LogP contribution in [0.3, 0.4) is 0 Å². The molecule has 0 saturated heterocycles. The van der Waals surface area contributed by atoms with Gasteiger partial charge in [-0.3, -0.25) is 4.79 Å². The van der Waals surface area contributed by atoms with Crippen molar-refractivity contribution < 1.29 is 4.79 Å². The molecule has 3 nitrogen and oxygen atoms in total. The number of carbonyl (C=O) groups is 1. The maximum absolute atomic E-state index is 12.7. The molecule has 20 heavy (non-hydrogen) atoms. The molecule has 0 fully saturated rings. The third-order valence-corrected chi connectivity index (χ3v) is 4.17. The van der Waals surface area contributed by atoms with Gasteiger partial charge in [0.15, 0.2) is 0 Å². The first kappa shape index (κ1) is 13.0. The van der Waals surface area contributed by atoms with Crippen molar-refractivity contribution in [1.82, 2.24) is 0 Å². The molecular formula is C16H15ClN2O. The number of aryl methyl sites for hydroxylation is 1.